The number of fused-ring (bicyclic) bond motifs is 2. The van der Waals surface area contributed by atoms with Crippen LogP contribution in [-0.2, 0) is 0 Å². The summed E-state index contributed by atoms with van der Waals surface area (Å²) in [4.78, 5) is 1.72. The van der Waals surface area contributed by atoms with Crippen molar-refractivity contribution in [2.45, 2.75) is 73.7 Å². The molecular weight excluding hydrogens is 304 g/mol. The van der Waals surface area contributed by atoms with Gasteiger partial charge in [0.05, 0.1) is 9.79 Å². The minimum atomic E-state index is -0.301. The van der Waals surface area contributed by atoms with E-state index in [4.69, 9.17) is 14.2 Å². The van der Waals surface area contributed by atoms with Crippen molar-refractivity contribution in [1.29, 1.82) is 0 Å². The van der Waals surface area contributed by atoms with E-state index in [0.717, 1.165) is 27.0 Å². The van der Waals surface area contributed by atoms with Gasteiger partial charge in [-0.1, -0.05) is 23.5 Å². The summed E-state index contributed by atoms with van der Waals surface area (Å²) in [6.45, 7) is 14.4. The van der Waals surface area contributed by atoms with Crippen molar-refractivity contribution in [3.05, 3.63) is 6.07 Å². The molecule has 3 nitrogen and oxygen atoms in total. The van der Waals surface area contributed by atoms with Gasteiger partial charge in [-0.3, -0.25) is 0 Å². The minimum absolute atomic E-state index is 0.270. The quantitative estimate of drug-likeness (QED) is 0.697. The largest absolute Gasteiger partial charge is 0.481 e. The van der Waals surface area contributed by atoms with E-state index in [0.29, 0.717) is 0 Å². The molecule has 21 heavy (non-hydrogen) atoms. The zero-order valence-corrected chi connectivity index (χ0v) is 15.3. The lowest BCUT2D eigenvalue weighted by molar-refractivity contribution is 0.104. The van der Waals surface area contributed by atoms with Gasteiger partial charge in [0, 0.05) is 0 Å². The molecule has 0 bridgehead atoms. The highest BCUT2D eigenvalue weighted by atomic mass is 32.2. The number of benzene rings is 1. The second-order valence-corrected chi connectivity index (χ2v) is 10.5. The first-order valence-corrected chi connectivity index (χ1v) is 8.75. The van der Waals surface area contributed by atoms with E-state index in [2.05, 4.69) is 33.8 Å². The van der Waals surface area contributed by atoms with Crippen LogP contribution in [-0.4, -0.2) is 15.5 Å². The molecule has 2 aliphatic rings. The van der Waals surface area contributed by atoms with Crippen molar-refractivity contribution in [3.63, 3.8) is 0 Å². The normalized spacial score (nSPS) is 21.3. The second-order valence-electron chi connectivity index (χ2n) is 7.28. The maximum Gasteiger partial charge on any atom is 0.206 e. The third-order valence-electron chi connectivity index (χ3n) is 2.94. The number of rotatable bonds is 1. The van der Waals surface area contributed by atoms with Gasteiger partial charge < -0.3 is 14.2 Å². The van der Waals surface area contributed by atoms with E-state index < -0.39 is 0 Å². The molecule has 1 aromatic carbocycles. The van der Waals surface area contributed by atoms with Crippen molar-refractivity contribution in [1.82, 2.24) is 0 Å². The van der Waals surface area contributed by atoms with E-state index in [1.54, 1.807) is 23.5 Å². The zero-order chi connectivity index (χ0) is 15.6. The fraction of sp³-hybridized carbons (Fsp3) is 0.625. The van der Waals surface area contributed by atoms with Gasteiger partial charge in [0.25, 0.3) is 0 Å². The van der Waals surface area contributed by atoms with Gasteiger partial charge in [0.2, 0.25) is 5.75 Å². The van der Waals surface area contributed by atoms with E-state index in [1.807, 2.05) is 20.8 Å². The average molecular weight is 326 g/mol. The Morgan fingerprint density at radius 1 is 0.905 bits per heavy atom. The zero-order valence-electron chi connectivity index (χ0n) is 13.6. The molecule has 0 saturated carbocycles. The maximum absolute atomic E-state index is 6.20. The van der Waals surface area contributed by atoms with Gasteiger partial charge in [0.15, 0.2) is 21.4 Å². The molecule has 0 aliphatic carbocycles. The molecule has 0 atom stereocenters. The van der Waals surface area contributed by atoms with Crippen LogP contribution >= 0.6 is 23.5 Å². The monoisotopic (exact) mass is 326 g/mol. The molecule has 2 aliphatic heterocycles. The van der Waals surface area contributed by atoms with Gasteiger partial charge in [-0.25, -0.2) is 0 Å². The lowest BCUT2D eigenvalue weighted by Crippen LogP contribution is -2.25. The molecule has 0 spiro atoms. The molecule has 2 heterocycles. The highest BCUT2D eigenvalue weighted by Crippen LogP contribution is 2.62. The molecule has 1 aromatic rings. The first-order chi connectivity index (χ1) is 9.46. The fourth-order valence-corrected chi connectivity index (χ4v) is 4.58. The Labute approximate surface area is 135 Å². The Kier molecular flexibility index (Phi) is 3.20. The van der Waals surface area contributed by atoms with Gasteiger partial charge in [-0.05, 0) is 54.5 Å². The van der Waals surface area contributed by atoms with Gasteiger partial charge in [-0.15, -0.1) is 0 Å². The highest BCUT2D eigenvalue weighted by Gasteiger charge is 2.42. The molecule has 0 N–H and O–H groups in total. The molecule has 0 amide bonds. The molecule has 0 fully saturated rings. The summed E-state index contributed by atoms with van der Waals surface area (Å²) in [6.07, 6.45) is 0. The van der Waals surface area contributed by atoms with Crippen LogP contribution in [0.4, 0.5) is 0 Å². The summed E-state index contributed by atoms with van der Waals surface area (Å²) < 4.78 is 18.4. The summed E-state index contributed by atoms with van der Waals surface area (Å²) in [7, 11) is 0. The Morgan fingerprint density at radius 3 is 1.71 bits per heavy atom. The number of thioether (sulfide) groups is 2. The van der Waals surface area contributed by atoms with Gasteiger partial charge in [-0.2, -0.15) is 0 Å². The number of hydrogen-bond donors (Lipinski definition) is 0. The topological polar surface area (TPSA) is 27.7 Å². The lowest BCUT2D eigenvalue weighted by atomic mass is 10.2. The van der Waals surface area contributed by atoms with Crippen LogP contribution in [0.25, 0.3) is 0 Å². The molecule has 3 rings (SSSR count). The van der Waals surface area contributed by atoms with Crippen LogP contribution in [0.3, 0.4) is 0 Å². The standard InChI is InChI=1S/C16H22O3S2/c1-14(2,3)17-13-11-9(20-15(4,5)18-11)8-10-12(13)19-16(6,7)21-10/h8H,1-7H3. The Balaban J connectivity index is 2.13. The highest BCUT2D eigenvalue weighted by molar-refractivity contribution is 8.01. The fourth-order valence-electron chi connectivity index (χ4n) is 2.38. The van der Waals surface area contributed by atoms with E-state index in [-0.39, 0.29) is 15.5 Å². The molecule has 0 radical (unpaired) electrons. The summed E-state index contributed by atoms with van der Waals surface area (Å²) in [5, 5.41) is 0. The summed E-state index contributed by atoms with van der Waals surface area (Å²) in [6, 6.07) is 2.17. The number of hydrogen-bond acceptors (Lipinski definition) is 5. The molecular formula is C16H22O3S2. The van der Waals surface area contributed by atoms with E-state index >= 15 is 0 Å². The number of ether oxygens (including phenoxy) is 3. The second kappa shape index (κ2) is 4.42. The first-order valence-electron chi connectivity index (χ1n) is 7.12. The summed E-state index contributed by atoms with van der Waals surface area (Å²) in [5.41, 5.74) is -0.301. The first kappa shape index (κ1) is 15.2. The Bertz CT molecular complexity index is 558. The van der Waals surface area contributed by atoms with Crippen molar-refractivity contribution in [2.75, 3.05) is 0 Å². The summed E-state index contributed by atoms with van der Waals surface area (Å²) >= 11 is 3.46. The van der Waals surface area contributed by atoms with Crippen molar-refractivity contribution in [3.8, 4) is 17.2 Å². The van der Waals surface area contributed by atoms with E-state index in [9.17, 15) is 0 Å². The van der Waals surface area contributed by atoms with Gasteiger partial charge in [0.1, 0.15) is 5.60 Å². The molecule has 5 heteroatoms. The Hall–Kier alpha value is -0.680. The SMILES string of the molecule is CC(C)(C)Oc1c2c(cc3c1OC(C)(C)S3)SC(C)(C)O2. The van der Waals surface area contributed by atoms with Crippen molar-refractivity contribution >= 4 is 23.5 Å². The van der Waals surface area contributed by atoms with Crippen LogP contribution in [0, 0.1) is 0 Å². The predicted octanol–water partition coefficient (Wildman–Crippen LogP) is 5.31. The van der Waals surface area contributed by atoms with Crippen LogP contribution in [0.15, 0.2) is 15.9 Å². The average Bonchev–Trinajstić information content (AvgIpc) is 2.70. The van der Waals surface area contributed by atoms with Gasteiger partial charge >= 0.3 is 0 Å². The van der Waals surface area contributed by atoms with Crippen LogP contribution < -0.4 is 14.2 Å². The van der Waals surface area contributed by atoms with Crippen LogP contribution in [0.2, 0.25) is 0 Å². The minimum Gasteiger partial charge on any atom is -0.481 e. The van der Waals surface area contributed by atoms with E-state index in [1.165, 1.54) is 0 Å². The summed E-state index contributed by atoms with van der Waals surface area (Å²) in [5.74, 6) is 2.38. The maximum atomic E-state index is 6.20. The molecule has 116 valence electrons. The van der Waals surface area contributed by atoms with Crippen molar-refractivity contribution in [2.24, 2.45) is 0 Å². The smallest absolute Gasteiger partial charge is 0.206 e. The predicted molar refractivity (Wildman–Crippen MR) is 88.0 cm³/mol. The third-order valence-corrected chi connectivity index (χ3v) is 5.13. The van der Waals surface area contributed by atoms with Crippen molar-refractivity contribution < 1.29 is 14.2 Å². The third kappa shape index (κ3) is 2.95. The van der Waals surface area contributed by atoms with Crippen LogP contribution in [0.5, 0.6) is 17.2 Å². The Morgan fingerprint density at radius 2 is 1.33 bits per heavy atom. The molecule has 0 saturated heterocycles. The lowest BCUT2D eigenvalue weighted by Gasteiger charge is -2.25. The molecule has 0 aromatic heterocycles. The van der Waals surface area contributed by atoms with Crippen LogP contribution in [0.1, 0.15) is 48.5 Å². The molecule has 0 unspecified atom stereocenters.